The van der Waals surface area contributed by atoms with Gasteiger partial charge in [-0.05, 0) is 6.08 Å². The normalized spacial score (nSPS) is 24.0. The molecule has 0 saturated heterocycles. The molecule has 9 heavy (non-hydrogen) atoms. The van der Waals surface area contributed by atoms with Gasteiger partial charge in [0.2, 0.25) is 0 Å². The maximum atomic E-state index is 5.33. The Morgan fingerprint density at radius 2 is 2.56 bits per heavy atom. The molecule has 0 aromatic carbocycles. The molecular weight excluding hydrogens is 132 g/mol. The van der Waals surface area contributed by atoms with E-state index >= 15 is 0 Å². The van der Waals surface area contributed by atoms with Gasteiger partial charge >= 0.3 is 0 Å². The van der Waals surface area contributed by atoms with E-state index in [1.165, 1.54) is 4.91 Å². The van der Waals surface area contributed by atoms with Gasteiger partial charge in [0, 0.05) is 17.1 Å². The van der Waals surface area contributed by atoms with E-state index in [1.807, 2.05) is 11.8 Å². The monoisotopic (exact) mass is 140 g/mol. The Bertz CT molecular complexity index is 181. The van der Waals surface area contributed by atoms with Crippen molar-refractivity contribution in [3.8, 4) is 0 Å². The van der Waals surface area contributed by atoms with Crippen LogP contribution in [0.3, 0.4) is 0 Å². The average Bonchev–Trinajstić information content (AvgIpc) is 2.33. The van der Waals surface area contributed by atoms with Gasteiger partial charge in [-0.1, -0.05) is 6.08 Å². The molecule has 0 aromatic rings. The quantitative estimate of drug-likeness (QED) is 0.508. The van der Waals surface area contributed by atoms with Crippen molar-refractivity contribution in [2.45, 2.75) is 6.42 Å². The van der Waals surface area contributed by atoms with Crippen LogP contribution in [-0.2, 0) is 4.74 Å². The SMILES string of the molecule is C1=CC2=C(CCO2)SC1. The van der Waals surface area contributed by atoms with Gasteiger partial charge in [0.05, 0.1) is 6.61 Å². The lowest BCUT2D eigenvalue weighted by Crippen LogP contribution is -1.85. The van der Waals surface area contributed by atoms with E-state index in [2.05, 4.69) is 12.2 Å². The fraction of sp³-hybridized carbons (Fsp3) is 0.429. The van der Waals surface area contributed by atoms with Crippen LogP contribution in [0, 0.1) is 0 Å². The van der Waals surface area contributed by atoms with Crippen LogP contribution in [0.1, 0.15) is 6.42 Å². The lowest BCUT2D eigenvalue weighted by molar-refractivity contribution is 0.257. The maximum Gasteiger partial charge on any atom is 0.128 e. The zero-order valence-corrected chi connectivity index (χ0v) is 5.91. The van der Waals surface area contributed by atoms with Crippen molar-refractivity contribution in [2.24, 2.45) is 0 Å². The third-order valence-corrected chi connectivity index (χ3v) is 2.60. The average molecular weight is 140 g/mol. The van der Waals surface area contributed by atoms with E-state index in [4.69, 9.17) is 4.74 Å². The van der Waals surface area contributed by atoms with E-state index in [1.54, 1.807) is 0 Å². The molecule has 2 rings (SSSR count). The highest BCUT2D eigenvalue weighted by Gasteiger charge is 2.15. The second-order valence-corrected chi connectivity index (χ2v) is 3.21. The molecule has 2 aliphatic heterocycles. The van der Waals surface area contributed by atoms with Crippen molar-refractivity contribution in [1.82, 2.24) is 0 Å². The Hall–Kier alpha value is -0.370. The fourth-order valence-electron chi connectivity index (χ4n) is 1.05. The topological polar surface area (TPSA) is 9.23 Å². The predicted octanol–water partition coefficient (Wildman–Crippen LogP) is 1.92. The number of hydrogen-bond acceptors (Lipinski definition) is 2. The highest BCUT2D eigenvalue weighted by Crippen LogP contribution is 2.33. The van der Waals surface area contributed by atoms with E-state index in [0.717, 1.165) is 24.5 Å². The van der Waals surface area contributed by atoms with Gasteiger partial charge < -0.3 is 4.74 Å². The first-order chi connectivity index (χ1) is 4.47. The molecule has 1 nitrogen and oxygen atoms in total. The number of rotatable bonds is 0. The summed E-state index contributed by atoms with van der Waals surface area (Å²) < 4.78 is 5.33. The molecule has 0 saturated carbocycles. The molecular formula is C7H8OS. The zero-order valence-electron chi connectivity index (χ0n) is 5.09. The largest absolute Gasteiger partial charge is 0.492 e. The minimum atomic E-state index is 0.891. The van der Waals surface area contributed by atoms with Crippen molar-refractivity contribution in [3.05, 3.63) is 22.8 Å². The number of hydrogen-bond donors (Lipinski definition) is 0. The van der Waals surface area contributed by atoms with Gasteiger partial charge in [0.1, 0.15) is 5.76 Å². The highest BCUT2D eigenvalue weighted by atomic mass is 32.2. The van der Waals surface area contributed by atoms with Gasteiger partial charge in [-0.3, -0.25) is 0 Å². The maximum absolute atomic E-state index is 5.33. The Morgan fingerprint density at radius 3 is 3.44 bits per heavy atom. The fourth-order valence-corrected chi connectivity index (χ4v) is 1.94. The molecule has 2 heteroatoms. The van der Waals surface area contributed by atoms with Crippen molar-refractivity contribution in [1.29, 1.82) is 0 Å². The van der Waals surface area contributed by atoms with E-state index < -0.39 is 0 Å². The first kappa shape index (κ1) is 5.42. The second-order valence-electron chi connectivity index (χ2n) is 2.10. The van der Waals surface area contributed by atoms with E-state index in [9.17, 15) is 0 Å². The molecule has 0 bridgehead atoms. The first-order valence-corrected chi connectivity index (χ1v) is 4.11. The summed E-state index contributed by atoms with van der Waals surface area (Å²) in [6, 6.07) is 0. The molecule has 0 unspecified atom stereocenters. The lowest BCUT2D eigenvalue weighted by Gasteiger charge is -2.03. The van der Waals surface area contributed by atoms with E-state index in [0.29, 0.717) is 0 Å². The lowest BCUT2D eigenvalue weighted by atomic mass is 10.3. The van der Waals surface area contributed by atoms with Gasteiger partial charge in [-0.25, -0.2) is 0 Å². The highest BCUT2D eigenvalue weighted by molar-refractivity contribution is 8.03. The molecule has 0 atom stereocenters. The van der Waals surface area contributed by atoms with Gasteiger partial charge in [0.25, 0.3) is 0 Å². The van der Waals surface area contributed by atoms with Crippen LogP contribution in [-0.4, -0.2) is 12.4 Å². The summed E-state index contributed by atoms with van der Waals surface area (Å²) in [5, 5.41) is 0. The Labute approximate surface area is 58.8 Å². The Balaban J connectivity index is 2.28. The summed E-state index contributed by atoms with van der Waals surface area (Å²) in [6.07, 6.45) is 5.36. The van der Waals surface area contributed by atoms with E-state index in [-0.39, 0.29) is 0 Å². The predicted molar refractivity (Wildman–Crippen MR) is 39.2 cm³/mol. The van der Waals surface area contributed by atoms with Crippen molar-refractivity contribution in [3.63, 3.8) is 0 Å². The summed E-state index contributed by atoms with van der Waals surface area (Å²) in [7, 11) is 0. The standard InChI is InChI=1S/C7H8OS/c1-2-6-7(9-5-1)3-4-8-6/h1-2H,3-5H2. The summed E-state index contributed by atoms with van der Waals surface area (Å²) in [4.78, 5) is 1.44. The van der Waals surface area contributed by atoms with Gasteiger partial charge in [0.15, 0.2) is 0 Å². The molecule has 0 radical (unpaired) electrons. The second kappa shape index (κ2) is 2.10. The molecule has 0 aliphatic carbocycles. The molecule has 48 valence electrons. The number of ether oxygens (including phenoxy) is 1. The summed E-state index contributed by atoms with van der Waals surface area (Å²) in [5.41, 5.74) is 0. The number of thioether (sulfide) groups is 1. The molecule has 0 N–H and O–H groups in total. The Kier molecular flexibility index (Phi) is 1.27. The number of allylic oxidation sites excluding steroid dienone is 1. The van der Waals surface area contributed by atoms with Crippen molar-refractivity contribution in [2.75, 3.05) is 12.4 Å². The third-order valence-electron chi connectivity index (χ3n) is 1.48. The van der Waals surface area contributed by atoms with Crippen molar-refractivity contribution < 1.29 is 4.74 Å². The molecule has 0 fully saturated rings. The van der Waals surface area contributed by atoms with Crippen molar-refractivity contribution >= 4 is 11.8 Å². The van der Waals surface area contributed by atoms with Crippen LogP contribution in [0.4, 0.5) is 0 Å². The molecule has 0 aromatic heterocycles. The third kappa shape index (κ3) is 0.874. The Morgan fingerprint density at radius 1 is 1.56 bits per heavy atom. The summed E-state index contributed by atoms with van der Waals surface area (Å²) >= 11 is 1.90. The summed E-state index contributed by atoms with van der Waals surface area (Å²) in [5.74, 6) is 2.24. The molecule has 0 spiro atoms. The first-order valence-electron chi connectivity index (χ1n) is 3.12. The van der Waals surface area contributed by atoms with Crippen LogP contribution < -0.4 is 0 Å². The molecule has 2 heterocycles. The van der Waals surface area contributed by atoms with Crippen LogP contribution in [0.2, 0.25) is 0 Å². The van der Waals surface area contributed by atoms with Gasteiger partial charge in [-0.2, -0.15) is 0 Å². The summed E-state index contributed by atoms with van der Waals surface area (Å²) in [6.45, 7) is 0.891. The van der Waals surface area contributed by atoms with Crippen LogP contribution >= 0.6 is 11.8 Å². The van der Waals surface area contributed by atoms with Crippen LogP contribution in [0.25, 0.3) is 0 Å². The minimum Gasteiger partial charge on any atom is -0.492 e. The minimum absolute atomic E-state index is 0.891. The van der Waals surface area contributed by atoms with Crippen LogP contribution in [0.5, 0.6) is 0 Å². The molecule has 0 amide bonds. The van der Waals surface area contributed by atoms with Crippen LogP contribution in [0.15, 0.2) is 22.8 Å². The van der Waals surface area contributed by atoms with Gasteiger partial charge in [-0.15, -0.1) is 11.8 Å². The smallest absolute Gasteiger partial charge is 0.128 e. The zero-order chi connectivity index (χ0) is 6.10. The molecule has 2 aliphatic rings.